The number of allylic oxidation sites excluding steroid dienone is 10. The standard InChI is InChI=1S/C58H105NO5/c1-4-7-10-13-16-19-22-25-27-28-29-31-33-36-39-42-45-48-51-58(63)64-54(49-46-43-40-37-34-24-21-18-15-12-9-6-3)52-57(62)59-55(53-60)56(61)50-47-44-41-38-35-32-30-26-23-20-17-14-11-8-5-2/h9,12,18,21,27-29,31,34,37,54-56,60-61H,4-8,10-11,13-17,19-20,22-26,30,32-33,35-36,38-53H2,1-3H3,(H,59,62)/b12-9+,21-18+,28-27+,31-29+,37-34+. The van der Waals surface area contributed by atoms with E-state index in [1.165, 1.54) is 128 Å². The molecule has 0 fully saturated rings. The Hall–Kier alpha value is -2.44. The second kappa shape index (κ2) is 51.5. The summed E-state index contributed by atoms with van der Waals surface area (Å²) in [6, 6.07) is -0.718. The summed E-state index contributed by atoms with van der Waals surface area (Å²) in [7, 11) is 0. The third-order valence-corrected chi connectivity index (χ3v) is 12.4. The zero-order chi connectivity index (χ0) is 46.7. The summed E-state index contributed by atoms with van der Waals surface area (Å²) in [4.78, 5) is 26.2. The van der Waals surface area contributed by atoms with Gasteiger partial charge < -0.3 is 20.3 Å². The average Bonchev–Trinajstić information content (AvgIpc) is 3.29. The predicted molar refractivity (Wildman–Crippen MR) is 278 cm³/mol. The molecule has 6 nitrogen and oxygen atoms in total. The van der Waals surface area contributed by atoms with Crippen molar-refractivity contribution in [1.82, 2.24) is 5.32 Å². The molecule has 0 saturated carbocycles. The number of carbonyl (C=O) groups excluding carboxylic acids is 2. The zero-order valence-electron chi connectivity index (χ0n) is 42.4. The molecule has 0 heterocycles. The van der Waals surface area contributed by atoms with Gasteiger partial charge in [-0.1, -0.05) is 236 Å². The van der Waals surface area contributed by atoms with Crippen molar-refractivity contribution in [3.05, 3.63) is 60.8 Å². The van der Waals surface area contributed by atoms with E-state index in [0.717, 1.165) is 96.3 Å². The Morgan fingerprint density at radius 1 is 0.484 bits per heavy atom. The van der Waals surface area contributed by atoms with Crippen molar-refractivity contribution >= 4 is 11.9 Å². The highest BCUT2D eigenvalue weighted by Gasteiger charge is 2.24. The molecular formula is C58H105NO5. The van der Waals surface area contributed by atoms with Crippen LogP contribution in [0, 0.1) is 0 Å². The van der Waals surface area contributed by atoms with Gasteiger partial charge in [0.2, 0.25) is 5.91 Å². The van der Waals surface area contributed by atoms with Crippen molar-refractivity contribution in [2.75, 3.05) is 6.61 Å². The molecule has 1 amide bonds. The first kappa shape index (κ1) is 61.6. The number of ether oxygens (including phenoxy) is 1. The lowest BCUT2D eigenvalue weighted by atomic mass is 10.0. The van der Waals surface area contributed by atoms with E-state index in [4.69, 9.17) is 4.74 Å². The molecule has 3 atom stereocenters. The summed E-state index contributed by atoms with van der Waals surface area (Å²) in [6.45, 7) is 6.36. The van der Waals surface area contributed by atoms with E-state index >= 15 is 0 Å². The van der Waals surface area contributed by atoms with Crippen molar-refractivity contribution in [2.45, 2.75) is 289 Å². The normalized spacial score (nSPS) is 13.6. The molecule has 0 bridgehead atoms. The van der Waals surface area contributed by atoms with Crippen LogP contribution in [0.2, 0.25) is 0 Å². The van der Waals surface area contributed by atoms with Crippen LogP contribution < -0.4 is 5.32 Å². The van der Waals surface area contributed by atoms with Crippen molar-refractivity contribution < 1.29 is 24.5 Å². The van der Waals surface area contributed by atoms with Gasteiger partial charge in [0.25, 0.3) is 0 Å². The van der Waals surface area contributed by atoms with E-state index in [2.05, 4.69) is 86.8 Å². The van der Waals surface area contributed by atoms with Crippen molar-refractivity contribution in [2.24, 2.45) is 0 Å². The Bertz CT molecular complexity index is 1140. The average molecular weight is 896 g/mol. The van der Waals surface area contributed by atoms with Crippen LogP contribution in [0.4, 0.5) is 0 Å². The summed E-state index contributed by atoms with van der Waals surface area (Å²) in [6.07, 6.45) is 64.3. The SMILES string of the molecule is CC/C=C/C/C=C/C/C=C/CCCCC(CC(=O)NC(CO)C(O)CCCCCCCCCCCCCCCCC)OC(=O)CCCCCCC/C=C/C=C/CCCCCCCCC. The molecule has 0 radical (unpaired) electrons. The summed E-state index contributed by atoms with van der Waals surface area (Å²) >= 11 is 0. The Balaban J connectivity index is 4.57. The second-order valence-electron chi connectivity index (χ2n) is 18.6. The van der Waals surface area contributed by atoms with Crippen molar-refractivity contribution in [3.63, 3.8) is 0 Å². The van der Waals surface area contributed by atoms with Gasteiger partial charge >= 0.3 is 5.97 Å². The summed E-state index contributed by atoms with van der Waals surface area (Å²) in [5, 5.41) is 23.8. The molecule has 3 N–H and O–H groups in total. The number of hydrogen-bond donors (Lipinski definition) is 3. The fourth-order valence-electron chi connectivity index (χ4n) is 8.20. The molecule has 3 unspecified atom stereocenters. The topological polar surface area (TPSA) is 95.9 Å². The summed E-state index contributed by atoms with van der Waals surface area (Å²) < 4.78 is 5.92. The van der Waals surface area contributed by atoms with Gasteiger partial charge in [-0.15, -0.1) is 0 Å². The van der Waals surface area contributed by atoms with Crippen LogP contribution in [-0.2, 0) is 14.3 Å². The Morgan fingerprint density at radius 3 is 1.39 bits per heavy atom. The number of aliphatic hydroxyl groups is 2. The molecule has 0 aliphatic carbocycles. The van der Waals surface area contributed by atoms with Gasteiger partial charge in [-0.05, 0) is 83.5 Å². The van der Waals surface area contributed by atoms with Crippen LogP contribution >= 0.6 is 0 Å². The van der Waals surface area contributed by atoms with Crippen molar-refractivity contribution in [1.29, 1.82) is 0 Å². The molecule has 0 aliphatic rings. The number of rotatable bonds is 49. The van der Waals surface area contributed by atoms with Gasteiger partial charge in [0.15, 0.2) is 0 Å². The van der Waals surface area contributed by atoms with E-state index in [1.54, 1.807) is 0 Å². The maximum atomic E-state index is 13.2. The maximum absolute atomic E-state index is 13.2. The minimum absolute atomic E-state index is 0.0445. The van der Waals surface area contributed by atoms with Gasteiger partial charge in [-0.25, -0.2) is 0 Å². The smallest absolute Gasteiger partial charge is 0.306 e. The first-order chi connectivity index (χ1) is 31.5. The molecule has 0 aromatic rings. The van der Waals surface area contributed by atoms with Crippen LogP contribution in [0.25, 0.3) is 0 Å². The number of esters is 1. The number of carbonyl (C=O) groups is 2. The molecule has 0 aromatic carbocycles. The highest BCUT2D eigenvalue weighted by atomic mass is 16.5. The van der Waals surface area contributed by atoms with Gasteiger partial charge in [0.05, 0.1) is 25.2 Å². The number of hydrogen-bond acceptors (Lipinski definition) is 5. The maximum Gasteiger partial charge on any atom is 0.306 e. The van der Waals surface area contributed by atoms with Crippen LogP contribution in [0.3, 0.4) is 0 Å². The minimum Gasteiger partial charge on any atom is -0.462 e. The lowest BCUT2D eigenvalue weighted by Crippen LogP contribution is -2.46. The fraction of sp³-hybridized carbons (Fsp3) is 0.793. The van der Waals surface area contributed by atoms with Gasteiger partial charge in [0.1, 0.15) is 6.10 Å². The number of unbranched alkanes of at least 4 members (excludes halogenated alkanes) is 28. The minimum atomic E-state index is -0.802. The zero-order valence-corrected chi connectivity index (χ0v) is 42.4. The van der Waals surface area contributed by atoms with E-state index in [0.29, 0.717) is 19.3 Å². The van der Waals surface area contributed by atoms with Gasteiger partial charge in [-0.3, -0.25) is 9.59 Å². The lowest BCUT2D eigenvalue weighted by molar-refractivity contribution is -0.151. The van der Waals surface area contributed by atoms with E-state index in [1.807, 2.05) is 0 Å². The monoisotopic (exact) mass is 896 g/mol. The van der Waals surface area contributed by atoms with Crippen LogP contribution in [-0.4, -0.2) is 46.9 Å². The van der Waals surface area contributed by atoms with Crippen molar-refractivity contribution in [3.8, 4) is 0 Å². The number of nitrogens with one attached hydrogen (secondary N) is 1. The third kappa shape index (κ3) is 46.1. The second-order valence-corrected chi connectivity index (χ2v) is 18.6. The molecule has 0 rings (SSSR count). The Kier molecular flexibility index (Phi) is 49.6. The number of amides is 1. The lowest BCUT2D eigenvalue weighted by Gasteiger charge is -2.24. The fourth-order valence-corrected chi connectivity index (χ4v) is 8.20. The quantitative estimate of drug-likeness (QED) is 0.0245. The predicted octanol–water partition coefficient (Wildman–Crippen LogP) is 16.8. The highest BCUT2D eigenvalue weighted by molar-refractivity contribution is 5.77. The molecule has 372 valence electrons. The molecule has 0 spiro atoms. The highest BCUT2D eigenvalue weighted by Crippen LogP contribution is 2.17. The van der Waals surface area contributed by atoms with E-state index in [9.17, 15) is 19.8 Å². The number of aliphatic hydroxyl groups excluding tert-OH is 2. The van der Waals surface area contributed by atoms with E-state index in [-0.39, 0.29) is 24.9 Å². The molecular weight excluding hydrogens is 791 g/mol. The van der Waals surface area contributed by atoms with Crippen LogP contribution in [0.15, 0.2) is 60.8 Å². The molecule has 0 aromatic heterocycles. The molecule has 64 heavy (non-hydrogen) atoms. The first-order valence-corrected chi connectivity index (χ1v) is 27.5. The Morgan fingerprint density at radius 2 is 0.891 bits per heavy atom. The first-order valence-electron chi connectivity index (χ1n) is 27.5. The van der Waals surface area contributed by atoms with Crippen LogP contribution in [0.1, 0.15) is 271 Å². The molecule has 0 saturated heterocycles. The molecule has 6 heteroatoms. The van der Waals surface area contributed by atoms with Crippen LogP contribution in [0.5, 0.6) is 0 Å². The van der Waals surface area contributed by atoms with Gasteiger partial charge in [0, 0.05) is 6.42 Å². The van der Waals surface area contributed by atoms with Gasteiger partial charge in [-0.2, -0.15) is 0 Å². The summed E-state index contributed by atoms with van der Waals surface area (Å²) in [5.74, 6) is -0.526. The Labute approximate surface area is 397 Å². The third-order valence-electron chi connectivity index (χ3n) is 12.4. The molecule has 0 aliphatic heterocycles. The largest absolute Gasteiger partial charge is 0.462 e. The van der Waals surface area contributed by atoms with E-state index < -0.39 is 18.2 Å². The summed E-state index contributed by atoms with van der Waals surface area (Å²) in [5.41, 5.74) is 0.